The van der Waals surface area contributed by atoms with Gasteiger partial charge in [-0.2, -0.15) is 0 Å². The van der Waals surface area contributed by atoms with Crippen LogP contribution in [0, 0.1) is 0 Å². The predicted octanol–water partition coefficient (Wildman–Crippen LogP) is -0.113. The van der Waals surface area contributed by atoms with Crippen molar-refractivity contribution in [2.24, 2.45) is 10.8 Å². The maximum atomic E-state index is 10.5. The summed E-state index contributed by atoms with van der Waals surface area (Å²) in [6.45, 7) is 6.68. The highest BCUT2D eigenvalue weighted by atomic mass is 16.2. The van der Waals surface area contributed by atoms with E-state index >= 15 is 0 Å². The van der Waals surface area contributed by atoms with E-state index in [4.69, 9.17) is 5.84 Å². The molecule has 0 atom stereocenters. The van der Waals surface area contributed by atoms with Crippen LogP contribution < -0.4 is 16.6 Å². The van der Waals surface area contributed by atoms with Gasteiger partial charge in [0.15, 0.2) is 0 Å². The van der Waals surface area contributed by atoms with Crippen LogP contribution in [0.1, 0.15) is 0 Å². The number of hydrogen-bond acceptors (Lipinski definition) is 3. The molecule has 11 heavy (non-hydrogen) atoms. The minimum Gasteiger partial charge on any atom is -0.307 e. The molecule has 0 aliphatic heterocycles. The monoisotopic (exact) mass is 154 g/mol. The highest BCUT2D eigenvalue weighted by Crippen LogP contribution is 1.85. The molecule has 60 valence electrons. The van der Waals surface area contributed by atoms with E-state index in [9.17, 15) is 4.79 Å². The number of nitrogens with one attached hydrogen (secondary N) is 2. The summed E-state index contributed by atoms with van der Waals surface area (Å²) < 4.78 is 0. The summed E-state index contributed by atoms with van der Waals surface area (Å²) in [5.41, 5.74) is 2.27. The Kier molecular flexibility index (Phi) is 4.42. The van der Waals surface area contributed by atoms with Gasteiger partial charge in [-0.1, -0.05) is 6.58 Å². The van der Waals surface area contributed by atoms with Gasteiger partial charge in [-0.3, -0.25) is 10.4 Å². The van der Waals surface area contributed by atoms with E-state index in [0.29, 0.717) is 5.70 Å². The third kappa shape index (κ3) is 4.86. The Bertz CT molecular complexity index is 197. The lowest BCUT2D eigenvalue weighted by Gasteiger charge is -2.00. The van der Waals surface area contributed by atoms with Gasteiger partial charge in [-0.25, -0.2) is 10.6 Å². The average molecular weight is 154 g/mol. The first-order valence-corrected chi connectivity index (χ1v) is 2.79. The highest BCUT2D eigenvalue weighted by Gasteiger charge is 1.94. The van der Waals surface area contributed by atoms with Crippen molar-refractivity contribution in [3.63, 3.8) is 0 Å². The van der Waals surface area contributed by atoms with Crippen molar-refractivity contribution in [2.45, 2.75) is 0 Å². The SMILES string of the molecule is C=N/C=C\C(=C)NC(=O)NN. The molecule has 0 aromatic carbocycles. The van der Waals surface area contributed by atoms with Gasteiger partial charge in [0, 0.05) is 11.9 Å². The van der Waals surface area contributed by atoms with Crippen molar-refractivity contribution in [1.29, 1.82) is 0 Å². The first-order chi connectivity index (χ1) is 5.20. The smallest absolute Gasteiger partial charge is 0.307 e. The first-order valence-electron chi connectivity index (χ1n) is 2.79. The Morgan fingerprint density at radius 2 is 2.27 bits per heavy atom. The van der Waals surface area contributed by atoms with Crippen molar-refractivity contribution in [1.82, 2.24) is 10.7 Å². The van der Waals surface area contributed by atoms with E-state index in [1.165, 1.54) is 12.3 Å². The number of aliphatic imine (C=N–C) groups is 1. The van der Waals surface area contributed by atoms with Crippen LogP contribution in [0.15, 0.2) is 29.5 Å². The van der Waals surface area contributed by atoms with Crippen molar-refractivity contribution in [2.75, 3.05) is 0 Å². The molecule has 0 radical (unpaired) electrons. The summed E-state index contributed by atoms with van der Waals surface area (Å²) in [6.07, 6.45) is 2.89. The second-order valence-electron chi connectivity index (χ2n) is 1.62. The van der Waals surface area contributed by atoms with Crippen LogP contribution in [-0.4, -0.2) is 12.7 Å². The second kappa shape index (κ2) is 5.19. The zero-order valence-corrected chi connectivity index (χ0v) is 6.00. The van der Waals surface area contributed by atoms with Crippen LogP contribution in [0.3, 0.4) is 0 Å². The molecule has 0 aliphatic rings. The molecule has 0 heterocycles. The summed E-state index contributed by atoms with van der Waals surface area (Å²) in [7, 11) is 0. The molecule has 0 spiro atoms. The molecular formula is C6H10N4O. The number of carbonyl (C=O) groups excluding carboxylic acids is 1. The molecule has 0 aromatic heterocycles. The van der Waals surface area contributed by atoms with Crippen molar-refractivity contribution in [3.8, 4) is 0 Å². The molecule has 0 rings (SSSR count). The summed E-state index contributed by atoms with van der Waals surface area (Å²) >= 11 is 0. The fourth-order valence-corrected chi connectivity index (χ4v) is 0.366. The van der Waals surface area contributed by atoms with E-state index in [2.05, 4.69) is 23.6 Å². The Morgan fingerprint density at radius 1 is 1.64 bits per heavy atom. The first kappa shape index (κ1) is 9.38. The van der Waals surface area contributed by atoms with Crippen LogP contribution in [0.2, 0.25) is 0 Å². The van der Waals surface area contributed by atoms with Crippen molar-refractivity contribution in [3.05, 3.63) is 24.6 Å². The van der Waals surface area contributed by atoms with Gasteiger partial charge in [0.1, 0.15) is 0 Å². The van der Waals surface area contributed by atoms with E-state index in [1.807, 2.05) is 5.43 Å². The lowest BCUT2D eigenvalue weighted by Crippen LogP contribution is -2.38. The number of nitrogens with zero attached hydrogens (tertiary/aromatic N) is 1. The van der Waals surface area contributed by atoms with Crippen molar-refractivity contribution >= 4 is 12.7 Å². The summed E-state index contributed by atoms with van der Waals surface area (Å²) in [5, 5.41) is 2.32. The molecule has 0 fully saturated rings. The van der Waals surface area contributed by atoms with Gasteiger partial charge < -0.3 is 5.32 Å². The van der Waals surface area contributed by atoms with Gasteiger partial charge in [-0.15, -0.1) is 0 Å². The number of hydrazine groups is 1. The number of urea groups is 1. The topological polar surface area (TPSA) is 79.5 Å². The van der Waals surface area contributed by atoms with Gasteiger partial charge in [0.05, 0.1) is 0 Å². The average Bonchev–Trinajstić information content (AvgIpc) is 2.00. The number of hydrogen-bond donors (Lipinski definition) is 3. The fourth-order valence-electron chi connectivity index (χ4n) is 0.366. The molecule has 5 heteroatoms. The van der Waals surface area contributed by atoms with Gasteiger partial charge >= 0.3 is 6.03 Å². The van der Waals surface area contributed by atoms with Gasteiger partial charge in [0.2, 0.25) is 0 Å². The van der Waals surface area contributed by atoms with Gasteiger partial charge in [0.25, 0.3) is 0 Å². The zero-order chi connectivity index (χ0) is 8.69. The molecule has 0 saturated carbocycles. The summed E-state index contributed by atoms with van der Waals surface area (Å²) in [5.74, 6) is 4.79. The number of carbonyl (C=O) groups is 1. The summed E-state index contributed by atoms with van der Waals surface area (Å²) in [6, 6.07) is -0.524. The maximum absolute atomic E-state index is 10.5. The van der Waals surface area contributed by atoms with Crippen molar-refractivity contribution < 1.29 is 4.79 Å². The number of rotatable bonds is 3. The molecule has 0 aromatic rings. The Balaban J connectivity index is 3.78. The van der Waals surface area contributed by atoms with E-state index in [0.717, 1.165) is 0 Å². The quantitative estimate of drug-likeness (QED) is 0.174. The number of nitrogens with two attached hydrogens (primary N) is 1. The van der Waals surface area contributed by atoms with Crippen LogP contribution >= 0.6 is 0 Å². The minimum atomic E-state index is -0.524. The standard InChI is InChI=1S/C6H10N4O/c1-5(3-4-8-2)9-6(11)10-7/h3-4H,1-2,7H2,(H2,9,10,11)/b4-3-. The molecule has 0 aliphatic carbocycles. The third-order valence-corrected chi connectivity index (χ3v) is 0.786. The molecule has 2 amide bonds. The highest BCUT2D eigenvalue weighted by molar-refractivity contribution is 5.75. The van der Waals surface area contributed by atoms with E-state index in [1.54, 1.807) is 0 Å². The van der Waals surface area contributed by atoms with Crippen LogP contribution in [0.4, 0.5) is 4.79 Å². The second-order valence-corrected chi connectivity index (χ2v) is 1.62. The van der Waals surface area contributed by atoms with E-state index < -0.39 is 6.03 Å². The zero-order valence-electron chi connectivity index (χ0n) is 6.00. The Morgan fingerprint density at radius 3 is 2.73 bits per heavy atom. The Hall–Kier alpha value is -1.62. The lowest BCUT2D eigenvalue weighted by atomic mass is 10.5. The van der Waals surface area contributed by atoms with Gasteiger partial charge in [-0.05, 0) is 12.8 Å². The third-order valence-electron chi connectivity index (χ3n) is 0.786. The minimum absolute atomic E-state index is 0.389. The summed E-state index contributed by atoms with van der Waals surface area (Å²) in [4.78, 5) is 13.9. The number of allylic oxidation sites excluding steroid dienone is 1. The largest absolute Gasteiger partial charge is 0.333 e. The maximum Gasteiger partial charge on any atom is 0.333 e. The van der Waals surface area contributed by atoms with Crippen LogP contribution in [0.25, 0.3) is 0 Å². The normalized spacial score (nSPS) is 9.18. The molecule has 4 N–H and O–H groups in total. The lowest BCUT2D eigenvalue weighted by molar-refractivity contribution is 0.244. The molecule has 5 nitrogen and oxygen atoms in total. The Labute approximate surface area is 64.7 Å². The molecule has 0 saturated heterocycles. The van der Waals surface area contributed by atoms with Crippen LogP contribution in [0.5, 0.6) is 0 Å². The van der Waals surface area contributed by atoms with Crippen LogP contribution in [-0.2, 0) is 0 Å². The molecule has 0 bridgehead atoms. The predicted molar refractivity (Wildman–Crippen MR) is 43.7 cm³/mol. The number of amides is 2. The fraction of sp³-hybridized carbons (Fsp3) is 0. The molecule has 0 unspecified atom stereocenters. The molecular weight excluding hydrogens is 144 g/mol. The van der Waals surface area contributed by atoms with E-state index in [-0.39, 0.29) is 0 Å².